The van der Waals surface area contributed by atoms with Crippen molar-refractivity contribution < 1.29 is 4.74 Å². The maximum absolute atomic E-state index is 8.92. The van der Waals surface area contributed by atoms with Crippen molar-refractivity contribution in [3.05, 3.63) is 57.3 Å². The smallest absolute Gasteiger partial charge is 0.0991 e. The van der Waals surface area contributed by atoms with Gasteiger partial charge < -0.3 is 10.1 Å². The van der Waals surface area contributed by atoms with E-state index in [2.05, 4.69) is 29.8 Å². The van der Waals surface area contributed by atoms with Crippen molar-refractivity contribution in [3.8, 4) is 6.07 Å². The van der Waals surface area contributed by atoms with Crippen molar-refractivity contribution in [1.82, 2.24) is 5.32 Å². The van der Waals surface area contributed by atoms with Gasteiger partial charge in [0.05, 0.1) is 18.2 Å². The Kier molecular flexibility index (Phi) is 5.31. The highest BCUT2D eigenvalue weighted by atomic mass is 32.1. The van der Waals surface area contributed by atoms with Gasteiger partial charge in [-0.15, -0.1) is 11.3 Å². The average Bonchev–Trinajstić information content (AvgIpc) is 2.93. The second-order valence-electron chi connectivity index (χ2n) is 4.69. The normalized spacial score (nSPS) is 12.1. The fourth-order valence-corrected chi connectivity index (χ4v) is 2.84. The Balaban J connectivity index is 1.93. The summed E-state index contributed by atoms with van der Waals surface area (Å²) in [5, 5.41) is 14.5. The molecular weight excluding hydrogens is 268 g/mol. The first-order chi connectivity index (χ1) is 9.72. The van der Waals surface area contributed by atoms with E-state index in [9.17, 15) is 0 Å². The molecule has 0 aliphatic heterocycles. The highest BCUT2D eigenvalue weighted by molar-refractivity contribution is 7.10. The van der Waals surface area contributed by atoms with E-state index >= 15 is 0 Å². The Morgan fingerprint density at radius 2 is 2.25 bits per heavy atom. The molecule has 4 heteroatoms. The molecule has 1 aromatic carbocycles. The Bertz CT molecular complexity index is 601. The van der Waals surface area contributed by atoms with Gasteiger partial charge in [-0.1, -0.05) is 12.1 Å². The third kappa shape index (κ3) is 3.91. The predicted octanol–water partition coefficient (Wildman–Crippen LogP) is 3.62. The van der Waals surface area contributed by atoms with Crippen LogP contribution < -0.4 is 5.32 Å². The van der Waals surface area contributed by atoms with Crippen molar-refractivity contribution in [2.75, 3.05) is 7.11 Å². The molecule has 0 amide bonds. The molecule has 104 valence electrons. The second-order valence-corrected chi connectivity index (χ2v) is 5.69. The van der Waals surface area contributed by atoms with E-state index in [-0.39, 0.29) is 6.04 Å². The van der Waals surface area contributed by atoms with E-state index in [1.54, 1.807) is 18.4 Å². The Labute approximate surface area is 123 Å². The number of hydrogen-bond acceptors (Lipinski definition) is 4. The molecule has 0 spiro atoms. The summed E-state index contributed by atoms with van der Waals surface area (Å²) in [7, 11) is 1.71. The third-order valence-electron chi connectivity index (χ3n) is 3.12. The number of hydrogen-bond donors (Lipinski definition) is 1. The number of nitrogens with one attached hydrogen (secondary N) is 1. The molecule has 2 rings (SSSR count). The van der Waals surface area contributed by atoms with Crippen LogP contribution in [-0.2, 0) is 17.9 Å². The second kappa shape index (κ2) is 7.20. The van der Waals surface area contributed by atoms with Crippen LogP contribution in [0.15, 0.2) is 35.7 Å². The van der Waals surface area contributed by atoms with Gasteiger partial charge in [0.1, 0.15) is 0 Å². The molecule has 0 saturated carbocycles. The van der Waals surface area contributed by atoms with E-state index in [0.29, 0.717) is 12.2 Å². The molecule has 2 aromatic rings. The monoisotopic (exact) mass is 286 g/mol. The van der Waals surface area contributed by atoms with Crippen molar-refractivity contribution in [2.24, 2.45) is 0 Å². The summed E-state index contributed by atoms with van der Waals surface area (Å²) in [4.78, 5) is 1.29. The number of ether oxygens (including phenoxy) is 1. The van der Waals surface area contributed by atoms with E-state index in [1.165, 1.54) is 10.4 Å². The minimum atomic E-state index is 0.219. The van der Waals surface area contributed by atoms with Crippen LogP contribution in [0, 0.1) is 11.3 Å². The van der Waals surface area contributed by atoms with Gasteiger partial charge in [0, 0.05) is 24.6 Å². The predicted molar refractivity (Wildman–Crippen MR) is 81.4 cm³/mol. The van der Waals surface area contributed by atoms with Crippen LogP contribution in [-0.4, -0.2) is 7.11 Å². The number of methoxy groups -OCH3 is 1. The van der Waals surface area contributed by atoms with E-state index in [0.717, 1.165) is 12.1 Å². The molecule has 1 N–H and O–H groups in total. The number of nitriles is 1. The van der Waals surface area contributed by atoms with Gasteiger partial charge in [0.2, 0.25) is 0 Å². The topological polar surface area (TPSA) is 45.0 Å². The molecule has 0 aliphatic carbocycles. The molecular formula is C16H18N2OS. The highest BCUT2D eigenvalue weighted by Crippen LogP contribution is 2.18. The van der Waals surface area contributed by atoms with Gasteiger partial charge in [-0.2, -0.15) is 5.26 Å². The van der Waals surface area contributed by atoms with E-state index in [1.807, 2.05) is 24.3 Å². The van der Waals surface area contributed by atoms with E-state index in [4.69, 9.17) is 10.00 Å². The Morgan fingerprint density at radius 3 is 3.00 bits per heavy atom. The van der Waals surface area contributed by atoms with Crippen molar-refractivity contribution in [1.29, 1.82) is 5.26 Å². The molecule has 0 saturated heterocycles. The van der Waals surface area contributed by atoms with Crippen LogP contribution in [0.3, 0.4) is 0 Å². The van der Waals surface area contributed by atoms with Gasteiger partial charge in [-0.25, -0.2) is 0 Å². The largest absolute Gasteiger partial charge is 0.380 e. The summed E-state index contributed by atoms with van der Waals surface area (Å²) in [6.07, 6.45) is 0. The first kappa shape index (κ1) is 14.7. The summed E-state index contributed by atoms with van der Waals surface area (Å²) in [5.41, 5.74) is 3.06. The summed E-state index contributed by atoms with van der Waals surface area (Å²) in [5.74, 6) is 0. The van der Waals surface area contributed by atoms with Crippen LogP contribution in [0.1, 0.15) is 34.5 Å². The standard InChI is InChI=1S/C16H18N2OS/c1-12(15-5-3-4-13(6-15)8-17)18-9-16-7-14(10-19-2)11-20-16/h3-7,11-12,18H,9-10H2,1-2H3. The maximum Gasteiger partial charge on any atom is 0.0991 e. The summed E-state index contributed by atoms with van der Waals surface area (Å²) in [6, 6.07) is 12.3. The highest BCUT2D eigenvalue weighted by Gasteiger charge is 2.07. The summed E-state index contributed by atoms with van der Waals surface area (Å²) < 4.78 is 5.12. The van der Waals surface area contributed by atoms with Gasteiger partial charge >= 0.3 is 0 Å². The molecule has 1 aromatic heterocycles. The maximum atomic E-state index is 8.92. The minimum absolute atomic E-state index is 0.219. The lowest BCUT2D eigenvalue weighted by Gasteiger charge is -2.13. The van der Waals surface area contributed by atoms with Gasteiger partial charge in [0.25, 0.3) is 0 Å². The van der Waals surface area contributed by atoms with Crippen molar-refractivity contribution >= 4 is 11.3 Å². The quantitative estimate of drug-likeness (QED) is 0.882. The number of rotatable bonds is 6. The zero-order valence-electron chi connectivity index (χ0n) is 11.7. The fraction of sp³-hybridized carbons (Fsp3) is 0.312. The first-order valence-electron chi connectivity index (χ1n) is 6.51. The molecule has 1 atom stereocenters. The molecule has 1 heterocycles. The van der Waals surface area contributed by atoms with Crippen LogP contribution in [0.2, 0.25) is 0 Å². The molecule has 1 unspecified atom stereocenters. The van der Waals surface area contributed by atoms with Crippen molar-refractivity contribution in [2.45, 2.75) is 26.1 Å². The number of thiophene rings is 1. The summed E-state index contributed by atoms with van der Waals surface area (Å²) >= 11 is 1.74. The molecule has 0 radical (unpaired) electrons. The lowest BCUT2D eigenvalue weighted by Crippen LogP contribution is -2.17. The molecule has 0 bridgehead atoms. The summed E-state index contributed by atoms with van der Waals surface area (Å²) in [6.45, 7) is 3.60. The number of benzene rings is 1. The SMILES string of the molecule is COCc1csc(CNC(C)c2cccc(C#N)c2)c1. The molecule has 3 nitrogen and oxygen atoms in total. The lowest BCUT2D eigenvalue weighted by molar-refractivity contribution is 0.185. The van der Waals surface area contributed by atoms with E-state index < -0.39 is 0 Å². The van der Waals surface area contributed by atoms with Gasteiger partial charge in [0.15, 0.2) is 0 Å². The minimum Gasteiger partial charge on any atom is -0.380 e. The molecule has 20 heavy (non-hydrogen) atoms. The van der Waals surface area contributed by atoms with Crippen LogP contribution in [0.25, 0.3) is 0 Å². The molecule has 0 fully saturated rings. The van der Waals surface area contributed by atoms with Crippen molar-refractivity contribution in [3.63, 3.8) is 0 Å². The van der Waals surface area contributed by atoms with Gasteiger partial charge in [-0.3, -0.25) is 0 Å². The van der Waals surface area contributed by atoms with Gasteiger partial charge in [-0.05, 0) is 41.6 Å². The zero-order valence-corrected chi connectivity index (χ0v) is 12.5. The lowest BCUT2D eigenvalue weighted by atomic mass is 10.1. The Hall–Kier alpha value is -1.67. The number of nitrogens with zero attached hydrogens (tertiary/aromatic N) is 1. The third-order valence-corrected chi connectivity index (χ3v) is 4.10. The zero-order chi connectivity index (χ0) is 14.4. The van der Waals surface area contributed by atoms with Crippen LogP contribution in [0.5, 0.6) is 0 Å². The fourth-order valence-electron chi connectivity index (χ4n) is 2.01. The first-order valence-corrected chi connectivity index (χ1v) is 7.39. The van der Waals surface area contributed by atoms with Crippen LogP contribution in [0.4, 0.5) is 0 Å². The Morgan fingerprint density at radius 1 is 1.40 bits per heavy atom. The average molecular weight is 286 g/mol. The van der Waals surface area contributed by atoms with Crippen LogP contribution >= 0.6 is 11.3 Å². The molecule has 0 aliphatic rings.